The van der Waals surface area contributed by atoms with Crippen LogP contribution in [0.4, 0.5) is 5.69 Å². The standard InChI is InChI=1S/C14H12N2O7/c1-8-9(3-2-4-10(8)16(21)22)13(19)15(7-17)11-5-6-12(18)23-14(11)20/h2-4,7,11H,5-6H2,1H3. The van der Waals surface area contributed by atoms with Crippen LogP contribution in [0.3, 0.4) is 0 Å². The summed E-state index contributed by atoms with van der Waals surface area (Å²) in [6, 6.07) is 2.63. The Morgan fingerprint density at radius 1 is 1.43 bits per heavy atom. The molecule has 0 aromatic heterocycles. The Kier molecular flexibility index (Phi) is 4.49. The van der Waals surface area contributed by atoms with Gasteiger partial charge in [0.1, 0.15) is 6.04 Å². The van der Waals surface area contributed by atoms with E-state index in [1.165, 1.54) is 25.1 Å². The molecule has 9 nitrogen and oxygen atoms in total. The van der Waals surface area contributed by atoms with E-state index in [1.54, 1.807) is 0 Å². The third kappa shape index (κ3) is 3.07. The zero-order valence-electron chi connectivity index (χ0n) is 12.1. The van der Waals surface area contributed by atoms with Gasteiger partial charge in [-0.3, -0.25) is 29.4 Å². The Labute approximate surface area is 130 Å². The van der Waals surface area contributed by atoms with Crippen LogP contribution in [0.5, 0.6) is 0 Å². The molecular weight excluding hydrogens is 308 g/mol. The van der Waals surface area contributed by atoms with Crippen LogP contribution >= 0.6 is 0 Å². The molecule has 1 fully saturated rings. The van der Waals surface area contributed by atoms with E-state index >= 15 is 0 Å². The lowest BCUT2D eigenvalue weighted by molar-refractivity contribution is -0.385. The Hall–Kier alpha value is -3.10. The van der Waals surface area contributed by atoms with E-state index < -0.39 is 28.8 Å². The van der Waals surface area contributed by atoms with Crippen molar-refractivity contribution in [2.24, 2.45) is 0 Å². The molecule has 0 N–H and O–H groups in total. The van der Waals surface area contributed by atoms with Crippen LogP contribution < -0.4 is 0 Å². The molecule has 120 valence electrons. The quantitative estimate of drug-likeness (QED) is 0.263. The fraction of sp³-hybridized carbons (Fsp3) is 0.286. The number of amides is 2. The summed E-state index contributed by atoms with van der Waals surface area (Å²) >= 11 is 0. The fourth-order valence-corrected chi connectivity index (χ4v) is 2.31. The maximum atomic E-state index is 12.5. The van der Waals surface area contributed by atoms with Crippen molar-refractivity contribution >= 4 is 29.9 Å². The summed E-state index contributed by atoms with van der Waals surface area (Å²) in [4.78, 5) is 57.3. The van der Waals surface area contributed by atoms with E-state index in [9.17, 15) is 29.3 Å². The number of nitro benzene ring substituents is 1. The van der Waals surface area contributed by atoms with Gasteiger partial charge in [-0.05, 0) is 19.4 Å². The minimum Gasteiger partial charge on any atom is -0.392 e. The van der Waals surface area contributed by atoms with Gasteiger partial charge < -0.3 is 4.74 Å². The Bertz CT molecular complexity index is 713. The molecule has 1 aromatic rings. The number of nitrogens with zero attached hydrogens (tertiary/aromatic N) is 2. The molecule has 1 aliphatic heterocycles. The maximum Gasteiger partial charge on any atom is 0.337 e. The predicted molar refractivity (Wildman–Crippen MR) is 74.2 cm³/mol. The molecule has 1 atom stereocenters. The van der Waals surface area contributed by atoms with E-state index in [0.717, 1.165) is 0 Å². The minimum atomic E-state index is -1.23. The van der Waals surface area contributed by atoms with E-state index in [2.05, 4.69) is 4.74 Å². The molecule has 0 bridgehead atoms. The fourth-order valence-electron chi connectivity index (χ4n) is 2.31. The highest BCUT2D eigenvalue weighted by Crippen LogP contribution is 2.24. The molecule has 1 saturated heterocycles. The van der Waals surface area contributed by atoms with Crippen LogP contribution in [0, 0.1) is 17.0 Å². The molecule has 1 unspecified atom stereocenters. The first-order chi connectivity index (χ1) is 10.9. The summed E-state index contributed by atoms with van der Waals surface area (Å²) in [7, 11) is 0. The molecule has 9 heteroatoms. The number of imide groups is 1. The van der Waals surface area contributed by atoms with E-state index in [-0.39, 0.29) is 36.1 Å². The van der Waals surface area contributed by atoms with Crippen molar-refractivity contribution in [3.05, 3.63) is 39.4 Å². The van der Waals surface area contributed by atoms with Gasteiger partial charge in [0.05, 0.1) is 4.92 Å². The topological polar surface area (TPSA) is 124 Å². The van der Waals surface area contributed by atoms with Gasteiger partial charge in [-0.25, -0.2) is 4.79 Å². The van der Waals surface area contributed by atoms with Crippen molar-refractivity contribution in [2.75, 3.05) is 0 Å². The molecule has 0 saturated carbocycles. The van der Waals surface area contributed by atoms with Crippen molar-refractivity contribution in [2.45, 2.75) is 25.8 Å². The highest BCUT2D eigenvalue weighted by atomic mass is 16.6. The van der Waals surface area contributed by atoms with Crippen LogP contribution in [0.2, 0.25) is 0 Å². The molecule has 0 spiro atoms. The summed E-state index contributed by atoms with van der Waals surface area (Å²) in [5, 5.41) is 10.9. The zero-order valence-corrected chi connectivity index (χ0v) is 12.1. The Balaban J connectivity index is 2.36. The van der Waals surface area contributed by atoms with Gasteiger partial charge in [0.2, 0.25) is 6.41 Å². The number of hydrogen-bond acceptors (Lipinski definition) is 7. The molecule has 2 rings (SSSR count). The van der Waals surface area contributed by atoms with Crippen molar-refractivity contribution in [3.63, 3.8) is 0 Å². The second kappa shape index (κ2) is 6.34. The number of ether oxygens (including phenoxy) is 1. The first kappa shape index (κ1) is 16.3. The minimum absolute atomic E-state index is 0.0455. The van der Waals surface area contributed by atoms with Gasteiger partial charge in [-0.15, -0.1) is 0 Å². The van der Waals surface area contributed by atoms with Crippen molar-refractivity contribution in [1.82, 2.24) is 4.90 Å². The SMILES string of the molecule is Cc1c(C(=O)N(C=O)C2CCC(=O)OC2=O)cccc1[N+](=O)[O-]. The molecule has 1 heterocycles. The van der Waals surface area contributed by atoms with Gasteiger partial charge >= 0.3 is 11.9 Å². The Morgan fingerprint density at radius 2 is 2.13 bits per heavy atom. The maximum absolute atomic E-state index is 12.5. The highest BCUT2D eigenvalue weighted by Gasteiger charge is 2.37. The molecule has 0 radical (unpaired) electrons. The molecular formula is C14H12N2O7. The first-order valence-electron chi connectivity index (χ1n) is 6.63. The second-order valence-corrected chi connectivity index (χ2v) is 4.87. The highest BCUT2D eigenvalue weighted by molar-refractivity contribution is 6.05. The second-order valence-electron chi connectivity index (χ2n) is 4.87. The van der Waals surface area contributed by atoms with Gasteiger partial charge in [0.15, 0.2) is 0 Å². The summed E-state index contributed by atoms with van der Waals surface area (Å²) in [5.74, 6) is -2.58. The third-order valence-electron chi connectivity index (χ3n) is 3.52. The number of rotatable bonds is 4. The van der Waals surface area contributed by atoms with Gasteiger partial charge in [-0.2, -0.15) is 0 Å². The predicted octanol–water partition coefficient (Wildman–Crippen LogP) is 0.734. The number of carbonyl (C=O) groups is 4. The van der Waals surface area contributed by atoms with Gasteiger partial charge in [0, 0.05) is 23.6 Å². The summed E-state index contributed by atoms with van der Waals surface area (Å²) in [6.45, 7) is 1.37. The van der Waals surface area contributed by atoms with Crippen LogP contribution in [0.25, 0.3) is 0 Å². The Morgan fingerprint density at radius 3 is 2.70 bits per heavy atom. The van der Waals surface area contributed by atoms with Gasteiger partial charge in [0.25, 0.3) is 11.6 Å². The largest absolute Gasteiger partial charge is 0.392 e. The zero-order chi connectivity index (χ0) is 17.1. The third-order valence-corrected chi connectivity index (χ3v) is 3.52. The lowest BCUT2D eigenvalue weighted by atomic mass is 10.0. The summed E-state index contributed by atoms with van der Waals surface area (Å²) < 4.78 is 4.42. The number of carbonyl (C=O) groups excluding carboxylic acids is 4. The normalized spacial score (nSPS) is 17.3. The van der Waals surface area contributed by atoms with E-state index in [1.807, 2.05) is 0 Å². The number of esters is 2. The summed E-state index contributed by atoms with van der Waals surface area (Å²) in [5.41, 5.74) is -0.270. The van der Waals surface area contributed by atoms with Crippen LogP contribution in [-0.4, -0.2) is 40.1 Å². The number of benzene rings is 1. The molecule has 2 amide bonds. The average Bonchev–Trinajstić information content (AvgIpc) is 2.49. The van der Waals surface area contributed by atoms with E-state index in [4.69, 9.17) is 0 Å². The van der Waals surface area contributed by atoms with Crippen LogP contribution in [-0.2, 0) is 19.1 Å². The van der Waals surface area contributed by atoms with Crippen molar-refractivity contribution in [3.8, 4) is 0 Å². The van der Waals surface area contributed by atoms with Crippen molar-refractivity contribution in [1.29, 1.82) is 0 Å². The van der Waals surface area contributed by atoms with E-state index in [0.29, 0.717) is 4.90 Å². The number of nitro groups is 1. The number of cyclic esters (lactones) is 2. The first-order valence-corrected chi connectivity index (χ1v) is 6.63. The van der Waals surface area contributed by atoms with Gasteiger partial charge in [-0.1, -0.05) is 6.07 Å². The van der Waals surface area contributed by atoms with Crippen LogP contribution in [0.15, 0.2) is 18.2 Å². The summed E-state index contributed by atoms with van der Waals surface area (Å²) in [6.07, 6.45) is 0.000394. The monoisotopic (exact) mass is 320 g/mol. The lowest BCUT2D eigenvalue weighted by Gasteiger charge is -2.27. The molecule has 0 aliphatic carbocycles. The lowest BCUT2D eigenvalue weighted by Crippen LogP contribution is -2.48. The van der Waals surface area contributed by atoms with Crippen LogP contribution in [0.1, 0.15) is 28.8 Å². The molecule has 23 heavy (non-hydrogen) atoms. The smallest absolute Gasteiger partial charge is 0.337 e. The molecule has 1 aromatic carbocycles. The molecule has 1 aliphatic rings. The number of hydrogen-bond donors (Lipinski definition) is 0. The van der Waals surface area contributed by atoms with Crippen molar-refractivity contribution < 1.29 is 28.8 Å². The average molecular weight is 320 g/mol.